The quantitative estimate of drug-likeness (QED) is 0.525. The van der Waals surface area contributed by atoms with E-state index >= 15 is 0 Å². The molecule has 30 heavy (non-hydrogen) atoms. The zero-order valence-electron chi connectivity index (χ0n) is 16.9. The van der Waals surface area contributed by atoms with Gasteiger partial charge in [-0.1, -0.05) is 13.3 Å². The smallest absolute Gasteiger partial charge is 0.416 e. The molecule has 0 aliphatic carbocycles. The lowest BCUT2D eigenvalue weighted by atomic mass is 9.84. The molecule has 1 aromatic carbocycles. The summed E-state index contributed by atoms with van der Waals surface area (Å²) in [7, 11) is 0. The zero-order chi connectivity index (χ0) is 21.9. The van der Waals surface area contributed by atoms with Crippen LogP contribution in [0.25, 0.3) is 0 Å². The number of nitrogens with zero attached hydrogens (tertiary/aromatic N) is 2. The third kappa shape index (κ3) is 4.76. The first-order valence-corrected chi connectivity index (χ1v) is 11.1. The molecule has 3 rings (SSSR count). The molecule has 0 radical (unpaired) electrons. The number of amides is 2. The van der Waals surface area contributed by atoms with Crippen LogP contribution >= 0.6 is 15.9 Å². The first kappa shape index (κ1) is 22.9. The number of halogens is 4. The summed E-state index contributed by atoms with van der Waals surface area (Å²) in [5.41, 5.74) is -0.929. The molecule has 9 heteroatoms. The van der Waals surface area contributed by atoms with E-state index in [4.69, 9.17) is 4.74 Å². The van der Waals surface area contributed by atoms with E-state index in [0.29, 0.717) is 39.1 Å². The van der Waals surface area contributed by atoms with Gasteiger partial charge in [-0.25, -0.2) is 4.79 Å². The van der Waals surface area contributed by atoms with Crippen molar-refractivity contribution in [3.63, 3.8) is 0 Å². The van der Waals surface area contributed by atoms with Crippen molar-refractivity contribution in [3.05, 3.63) is 33.8 Å². The number of rotatable bonds is 4. The Labute approximate surface area is 182 Å². The normalized spacial score (nSPS) is 18.7. The second kappa shape index (κ2) is 9.16. The number of unbranched alkanes of at least 4 members (excludes halogenated alkanes) is 1. The molecule has 2 aliphatic rings. The Hall–Kier alpha value is -1.77. The zero-order valence-corrected chi connectivity index (χ0v) is 18.5. The number of hydrogen-bond acceptors (Lipinski definition) is 3. The summed E-state index contributed by atoms with van der Waals surface area (Å²) < 4.78 is 44.2. The number of alkyl halides is 3. The Kier molecular flexibility index (Phi) is 6.99. The largest absolute Gasteiger partial charge is 0.449 e. The van der Waals surface area contributed by atoms with Crippen LogP contribution < -0.4 is 0 Å². The van der Waals surface area contributed by atoms with Gasteiger partial charge >= 0.3 is 12.3 Å². The number of piperidine rings is 1. The van der Waals surface area contributed by atoms with E-state index in [1.165, 1.54) is 6.07 Å². The van der Waals surface area contributed by atoms with Crippen LogP contribution in [0.4, 0.5) is 18.0 Å². The average molecular weight is 491 g/mol. The molecule has 2 aliphatic heterocycles. The molecule has 2 fully saturated rings. The molecule has 0 N–H and O–H groups in total. The van der Waals surface area contributed by atoms with Crippen molar-refractivity contribution in [3.8, 4) is 0 Å². The summed E-state index contributed by atoms with van der Waals surface area (Å²) in [6.07, 6.45) is -0.0572. The summed E-state index contributed by atoms with van der Waals surface area (Å²) >= 11 is 3.14. The van der Waals surface area contributed by atoms with E-state index < -0.39 is 11.7 Å². The van der Waals surface area contributed by atoms with Crippen LogP contribution in [0, 0.1) is 0 Å². The predicted molar refractivity (Wildman–Crippen MR) is 109 cm³/mol. The highest BCUT2D eigenvalue weighted by Gasteiger charge is 2.46. The maximum atomic E-state index is 13.2. The number of carbonyl (C=O) groups excluding carboxylic acids is 2. The number of likely N-dealkylation sites (tertiary alicyclic amines) is 2. The molecule has 2 heterocycles. The Morgan fingerprint density at radius 2 is 1.87 bits per heavy atom. The van der Waals surface area contributed by atoms with Gasteiger partial charge in [0, 0.05) is 29.6 Å². The van der Waals surface area contributed by atoms with Crippen LogP contribution in [0.1, 0.15) is 61.4 Å². The van der Waals surface area contributed by atoms with Crippen molar-refractivity contribution in [2.75, 3.05) is 26.2 Å². The molecule has 0 bridgehead atoms. The van der Waals surface area contributed by atoms with E-state index in [1.807, 2.05) is 6.92 Å². The van der Waals surface area contributed by atoms with Gasteiger partial charge in [-0.3, -0.25) is 4.79 Å². The fraction of sp³-hybridized carbons (Fsp3) is 0.619. The molecule has 5 nitrogen and oxygen atoms in total. The van der Waals surface area contributed by atoms with Gasteiger partial charge in [0.15, 0.2) is 0 Å². The highest BCUT2D eigenvalue weighted by atomic mass is 79.9. The van der Waals surface area contributed by atoms with Gasteiger partial charge in [-0.2, -0.15) is 13.2 Å². The molecule has 0 atom stereocenters. The summed E-state index contributed by atoms with van der Waals surface area (Å²) in [5.74, 6) is -0.271. The Balaban J connectivity index is 1.69. The molecule has 2 saturated heterocycles. The highest BCUT2D eigenvalue weighted by molar-refractivity contribution is 9.10. The van der Waals surface area contributed by atoms with Crippen molar-refractivity contribution in [1.29, 1.82) is 0 Å². The van der Waals surface area contributed by atoms with Gasteiger partial charge in [-0.05, 0) is 66.2 Å². The van der Waals surface area contributed by atoms with Crippen molar-refractivity contribution >= 4 is 27.9 Å². The third-order valence-corrected chi connectivity index (χ3v) is 6.70. The SMILES string of the molecule is CCCCOC(=O)N1CCC2(CCCN2C(=O)c2ccc(C(F)(F)F)cc2Br)CC1. The minimum atomic E-state index is -4.46. The Bertz CT molecular complexity index is 792. The molecule has 0 saturated carbocycles. The monoisotopic (exact) mass is 490 g/mol. The van der Waals surface area contributed by atoms with Crippen molar-refractivity contribution < 1.29 is 27.5 Å². The van der Waals surface area contributed by atoms with Gasteiger partial charge in [0.05, 0.1) is 17.7 Å². The first-order chi connectivity index (χ1) is 14.2. The Morgan fingerprint density at radius 3 is 2.47 bits per heavy atom. The maximum Gasteiger partial charge on any atom is 0.416 e. The standard InChI is InChI=1S/C21H26BrF3N2O3/c1-2-3-13-30-19(29)26-11-8-20(9-12-26)7-4-10-27(20)18(28)16-6-5-15(14-17(16)22)21(23,24)25/h5-6,14H,2-4,7-13H2,1H3. The van der Waals surface area contributed by atoms with Crippen LogP contribution in [0.3, 0.4) is 0 Å². The van der Waals surface area contributed by atoms with Crippen LogP contribution in [0.5, 0.6) is 0 Å². The van der Waals surface area contributed by atoms with E-state index in [9.17, 15) is 22.8 Å². The molecular weight excluding hydrogens is 465 g/mol. The lowest BCUT2D eigenvalue weighted by Gasteiger charge is -2.44. The summed E-state index contributed by atoms with van der Waals surface area (Å²) in [6.45, 7) is 4.00. The second-order valence-electron chi connectivity index (χ2n) is 7.93. The van der Waals surface area contributed by atoms with E-state index in [2.05, 4.69) is 15.9 Å². The highest BCUT2D eigenvalue weighted by Crippen LogP contribution is 2.40. The molecule has 2 amide bonds. The van der Waals surface area contributed by atoms with Crippen molar-refractivity contribution in [2.24, 2.45) is 0 Å². The molecular formula is C21H26BrF3N2O3. The van der Waals surface area contributed by atoms with Gasteiger partial charge in [-0.15, -0.1) is 0 Å². The summed E-state index contributed by atoms with van der Waals surface area (Å²) in [6, 6.07) is 3.13. The van der Waals surface area contributed by atoms with Gasteiger partial charge in [0.25, 0.3) is 5.91 Å². The second-order valence-corrected chi connectivity index (χ2v) is 8.79. The predicted octanol–water partition coefficient (Wildman–Crippen LogP) is 5.48. The fourth-order valence-corrected chi connectivity index (χ4v) is 4.83. The topological polar surface area (TPSA) is 49.9 Å². The van der Waals surface area contributed by atoms with E-state index in [0.717, 1.165) is 37.8 Å². The van der Waals surface area contributed by atoms with Crippen LogP contribution in [-0.4, -0.2) is 53.6 Å². The molecule has 0 aromatic heterocycles. The molecule has 166 valence electrons. The summed E-state index contributed by atoms with van der Waals surface area (Å²) in [5, 5.41) is 0. The fourth-order valence-electron chi connectivity index (χ4n) is 4.29. The van der Waals surface area contributed by atoms with Crippen LogP contribution in [-0.2, 0) is 10.9 Å². The number of benzene rings is 1. The molecule has 0 unspecified atom stereocenters. The van der Waals surface area contributed by atoms with Crippen molar-refractivity contribution in [2.45, 2.75) is 57.2 Å². The Morgan fingerprint density at radius 1 is 1.17 bits per heavy atom. The van der Waals surface area contributed by atoms with Gasteiger partial charge in [0.2, 0.25) is 0 Å². The van der Waals surface area contributed by atoms with Crippen LogP contribution in [0.2, 0.25) is 0 Å². The van der Waals surface area contributed by atoms with E-state index in [-0.39, 0.29) is 27.6 Å². The average Bonchev–Trinajstić information content (AvgIpc) is 3.10. The summed E-state index contributed by atoms with van der Waals surface area (Å²) in [4.78, 5) is 28.9. The molecule has 1 spiro atoms. The maximum absolute atomic E-state index is 13.2. The number of ether oxygens (including phenoxy) is 1. The van der Waals surface area contributed by atoms with Crippen molar-refractivity contribution in [1.82, 2.24) is 9.80 Å². The number of hydrogen-bond donors (Lipinski definition) is 0. The third-order valence-electron chi connectivity index (χ3n) is 6.04. The van der Waals surface area contributed by atoms with Gasteiger partial charge < -0.3 is 14.5 Å². The van der Waals surface area contributed by atoms with Gasteiger partial charge in [0.1, 0.15) is 0 Å². The molecule has 1 aromatic rings. The minimum Gasteiger partial charge on any atom is -0.449 e. The lowest BCUT2D eigenvalue weighted by molar-refractivity contribution is -0.137. The van der Waals surface area contributed by atoms with E-state index in [1.54, 1.807) is 9.80 Å². The first-order valence-electron chi connectivity index (χ1n) is 10.3. The van der Waals surface area contributed by atoms with Crippen LogP contribution in [0.15, 0.2) is 22.7 Å². The minimum absolute atomic E-state index is 0.140. The number of carbonyl (C=O) groups is 2. The lowest BCUT2D eigenvalue weighted by Crippen LogP contribution is -2.55.